The minimum atomic E-state index is -0.458. The van der Waals surface area contributed by atoms with E-state index in [2.05, 4.69) is 29.6 Å². The molecule has 0 bridgehead atoms. The van der Waals surface area contributed by atoms with Crippen molar-refractivity contribution < 1.29 is 9.53 Å². The molecular weight excluding hydrogens is 282 g/mol. The summed E-state index contributed by atoms with van der Waals surface area (Å²) >= 11 is 1.75. The quantitative estimate of drug-likeness (QED) is 0.822. The van der Waals surface area contributed by atoms with Crippen LogP contribution in [0, 0.1) is 0 Å². The maximum Gasteiger partial charge on any atom is 0.410 e. The molecule has 0 aliphatic heterocycles. The molecule has 2 aromatic rings. The molecule has 21 heavy (non-hydrogen) atoms. The number of rotatable bonds is 3. The SMILES string of the molecule is C[C@@H](Cc1ccc2sccc2c1)N(C)C(=O)OC(C)(C)C. The maximum absolute atomic E-state index is 12.1. The predicted octanol–water partition coefficient (Wildman–Crippen LogP) is 4.70. The lowest BCUT2D eigenvalue weighted by atomic mass is 10.1. The summed E-state index contributed by atoms with van der Waals surface area (Å²) in [4.78, 5) is 13.7. The van der Waals surface area contributed by atoms with Gasteiger partial charge in [-0.2, -0.15) is 0 Å². The second-order valence-corrected chi connectivity index (χ2v) is 7.38. The molecule has 0 aliphatic rings. The van der Waals surface area contributed by atoms with Crippen molar-refractivity contribution in [3.8, 4) is 0 Å². The zero-order valence-corrected chi connectivity index (χ0v) is 14.2. The first-order valence-corrected chi connectivity index (χ1v) is 8.06. The second-order valence-electron chi connectivity index (χ2n) is 6.44. The normalized spacial score (nSPS) is 13.2. The zero-order valence-electron chi connectivity index (χ0n) is 13.3. The molecule has 1 heterocycles. The van der Waals surface area contributed by atoms with Gasteiger partial charge in [0.05, 0.1) is 0 Å². The number of ether oxygens (including phenoxy) is 1. The molecule has 2 rings (SSSR count). The van der Waals surface area contributed by atoms with Crippen LogP contribution in [0.25, 0.3) is 10.1 Å². The zero-order chi connectivity index (χ0) is 15.6. The lowest BCUT2D eigenvalue weighted by molar-refractivity contribution is 0.0236. The Morgan fingerprint density at radius 2 is 2.05 bits per heavy atom. The van der Waals surface area contributed by atoms with Crippen LogP contribution in [0.4, 0.5) is 4.79 Å². The maximum atomic E-state index is 12.1. The molecule has 1 aromatic heterocycles. The van der Waals surface area contributed by atoms with Gasteiger partial charge in [-0.3, -0.25) is 0 Å². The molecule has 1 amide bonds. The van der Waals surface area contributed by atoms with Crippen molar-refractivity contribution in [3.05, 3.63) is 35.2 Å². The van der Waals surface area contributed by atoms with Gasteiger partial charge in [0.1, 0.15) is 5.60 Å². The largest absolute Gasteiger partial charge is 0.444 e. The minimum absolute atomic E-state index is 0.0935. The Morgan fingerprint density at radius 1 is 1.33 bits per heavy atom. The Kier molecular flexibility index (Phi) is 4.57. The van der Waals surface area contributed by atoms with E-state index in [-0.39, 0.29) is 12.1 Å². The number of fused-ring (bicyclic) bond motifs is 1. The molecule has 0 fully saturated rings. The van der Waals surface area contributed by atoms with Crippen LogP contribution >= 0.6 is 11.3 Å². The molecule has 114 valence electrons. The fourth-order valence-corrected chi connectivity index (χ4v) is 2.91. The number of hydrogen-bond donors (Lipinski definition) is 0. The molecule has 0 saturated heterocycles. The standard InChI is InChI=1S/C17H23NO2S/c1-12(18(5)16(19)20-17(2,3)4)10-13-6-7-15-14(11-13)8-9-21-15/h6-9,11-12H,10H2,1-5H3/t12-/m0/s1. The Bertz CT molecular complexity index is 627. The lowest BCUT2D eigenvalue weighted by Crippen LogP contribution is -2.40. The van der Waals surface area contributed by atoms with Crippen LogP contribution in [0.5, 0.6) is 0 Å². The topological polar surface area (TPSA) is 29.5 Å². The van der Waals surface area contributed by atoms with Crippen molar-refractivity contribution in [1.82, 2.24) is 4.90 Å². The molecule has 4 heteroatoms. The molecule has 1 atom stereocenters. The number of carbonyl (C=O) groups excluding carboxylic acids is 1. The Morgan fingerprint density at radius 3 is 2.71 bits per heavy atom. The Labute approximate surface area is 130 Å². The number of amides is 1. The van der Waals surface area contributed by atoms with Gasteiger partial charge < -0.3 is 9.64 Å². The second kappa shape index (κ2) is 6.06. The highest BCUT2D eigenvalue weighted by atomic mass is 32.1. The molecule has 0 aliphatic carbocycles. The first-order chi connectivity index (χ1) is 9.76. The Balaban J connectivity index is 2.02. The van der Waals surface area contributed by atoms with Gasteiger partial charge in [0.2, 0.25) is 0 Å². The van der Waals surface area contributed by atoms with E-state index < -0.39 is 5.60 Å². The van der Waals surface area contributed by atoms with Gasteiger partial charge in [0.25, 0.3) is 0 Å². The Hall–Kier alpha value is -1.55. The summed E-state index contributed by atoms with van der Waals surface area (Å²) in [6.45, 7) is 7.69. The first-order valence-electron chi connectivity index (χ1n) is 7.18. The molecule has 0 radical (unpaired) electrons. The van der Waals surface area contributed by atoms with E-state index in [1.807, 2.05) is 27.7 Å². The first kappa shape index (κ1) is 15.8. The lowest BCUT2D eigenvalue weighted by Gasteiger charge is -2.28. The van der Waals surface area contributed by atoms with Crippen LogP contribution in [-0.4, -0.2) is 29.7 Å². The summed E-state index contributed by atoms with van der Waals surface area (Å²) < 4.78 is 6.70. The monoisotopic (exact) mass is 305 g/mol. The number of nitrogens with zero attached hydrogens (tertiary/aromatic N) is 1. The van der Waals surface area contributed by atoms with E-state index in [9.17, 15) is 4.79 Å². The number of thiophene rings is 1. The van der Waals surface area contributed by atoms with E-state index in [1.54, 1.807) is 23.3 Å². The average molecular weight is 305 g/mol. The van der Waals surface area contributed by atoms with Gasteiger partial charge in [0, 0.05) is 17.8 Å². The van der Waals surface area contributed by atoms with Crippen LogP contribution < -0.4 is 0 Å². The summed E-state index contributed by atoms with van der Waals surface area (Å²) in [7, 11) is 1.79. The molecule has 0 unspecified atom stereocenters. The van der Waals surface area contributed by atoms with Gasteiger partial charge in [-0.05, 0) is 62.6 Å². The molecule has 0 spiro atoms. The molecular formula is C17H23NO2S. The molecule has 3 nitrogen and oxygen atoms in total. The van der Waals surface area contributed by atoms with E-state index in [0.29, 0.717) is 0 Å². The van der Waals surface area contributed by atoms with Crippen LogP contribution in [0.15, 0.2) is 29.6 Å². The van der Waals surface area contributed by atoms with Crippen molar-refractivity contribution in [2.75, 3.05) is 7.05 Å². The van der Waals surface area contributed by atoms with Gasteiger partial charge >= 0.3 is 6.09 Å². The fraction of sp³-hybridized carbons (Fsp3) is 0.471. The minimum Gasteiger partial charge on any atom is -0.444 e. The van der Waals surface area contributed by atoms with E-state index in [4.69, 9.17) is 4.74 Å². The highest BCUT2D eigenvalue weighted by Gasteiger charge is 2.23. The molecule has 0 N–H and O–H groups in total. The van der Waals surface area contributed by atoms with Crippen molar-refractivity contribution >= 4 is 27.5 Å². The third kappa shape index (κ3) is 4.21. The van der Waals surface area contributed by atoms with Crippen molar-refractivity contribution in [2.24, 2.45) is 0 Å². The number of benzene rings is 1. The number of carbonyl (C=O) groups is 1. The molecule has 0 saturated carbocycles. The van der Waals surface area contributed by atoms with Gasteiger partial charge in [-0.25, -0.2) is 4.79 Å². The van der Waals surface area contributed by atoms with Gasteiger partial charge in [0.15, 0.2) is 0 Å². The third-order valence-electron chi connectivity index (χ3n) is 3.39. The summed E-state index contributed by atoms with van der Waals surface area (Å²) in [6, 6.07) is 8.71. The number of hydrogen-bond acceptors (Lipinski definition) is 3. The summed E-state index contributed by atoms with van der Waals surface area (Å²) in [6.07, 6.45) is 0.549. The van der Waals surface area contributed by atoms with Gasteiger partial charge in [-0.15, -0.1) is 11.3 Å². The highest BCUT2D eigenvalue weighted by Crippen LogP contribution is 2.23. The van der Waals surface area contributed by atoms with Crippen molar-refractivity contribution in [2.45, 2.75) is 45.8 Å². The van der Waals surface area contributed by atoms with Crippen LogP contribution in [0.1, 0.15) is 33.3 Å². The molecule has 1 aromatic carbocycles. The van der Waals surface area contributed by atoms with Crippen molar-refractivity contribution in [1.29, 1.82) is 0 Å². The smallest absolute Gasteiger partial charge is 0.410 e. The third-order valence-corrected chi connectivity index (χ3v) is 4.29. The summed E-state index contributed by atoms with van der Waals surface area (Å²) in [5, 5.41) is 3.37. The van der Waals surface area contributed by atoms with E-state index >= 15 is 0 Å². The van der Waals surface area contributed by atoms with Crippen molar-refractivity contribution in [3.63, 3.8) is 0 Å². The average Bonchev–Trinajstić information content (AvgIpc) is 2.83. The van der Waals surface area contributed by atoms with Crippen LogP contribution in [-0.2, 0) is 11.2 Å². The van der Waals surface area contributed by atoms with Gasteiger partial charge in [-0.1, -0.05) is 12.1 Å². The summed E-state index contributed by atoms with van der Waals surface area (Å²) in [5.74, 6) is 0. The number of likely N-dealkylation sites (N-methyl/N-ethyl adjacent to an activating group) is 1. The van der Waals surface area contributed by atoms with Crippen LogP contribution in [0.3, 0.4) is 0 Å². The fourth-order valence-electron chi connectivity index (χ4n) is 2.14. The van der Waals surface area contributed by atoms with E-state index in [0.717, 1.165) is 6.42 Å². The highest BCUT2D eigenvalue weighted by molar-refractivity contribution is 7.17. The summed E-state index contributed by atoms with van der Waals surface area (Å²) in [5.41, 5.74) is 0.782. The van der Waals surface area contributed by atoms with Crippen LogP contribution in [0.2, 0.25) is 0 Å². The van der Waals surface area contributed by atoms with E-state index in [1.165, 1.54) is 15.6 Å². The predicted molar refractivity (Wildman–Crippen MR) is 89.0 cm³/mol.